The Morgan fingerprint density at radius 3 is 3.00 bits per heavy atom. The Kier molecular flexibility index (Phi) is 3.71. The maximum atomic E-state index is 5.69. The van der Waals surface area contributed by atoms with Crippen LogP contribution in [-0.2, 0) is 6.54 Å². The second-order valence-electron chi connectivity index (χ2n) is 3.75. The van der Waals surface area contributed by atoms with Crippen LogP contribution in [-0.4, -0.2) is 9.97 Å². The van der Waals surface area contributed by atoms with Gasteiger partial charge >= 0.3 is 0 Å². The van der Waals surface area contributed by atoms with Gasteiger partial charge in [0.2, 0.25) is 0 Å². The molecular formula is C12H13N3S2. The van der Waals surface area contributed by atoms with Crippen molar-refractivity contribution < 1.29 is 0 Å². The van der Waals surface area contributed by atoms with Crippen LogP contribution >= 0.6 is 23.6 Å². The maximum absolute atomic E-state index is 5.69. The molecule has 3 N–H and O–H groups in total. The Balaban J connectivity index is 2.19. The molecule has 0 aliphatic heterocycles. The number of rotatable bonds is 4. The number of hydrogen-bond acceptors (Lipinski definition) is 4. The van der Waals surface area contributed by atoms with Crippen LogP contribution in [0.5, 0.6) is 0 Å². The Morgan fingerprint density at radius 2 is 2.35 bits per heavy atom. The summed E-state index contributed by atoms with van der Waals surface area (Å²) < 4.78 is 0. The zero-order chi connectivity index (χ0) is 12.3. The minimum absolute atomic E-state index is 0.408. The van der Waals surface area contributed by atoms with Crippen molar-refractivity contribution in [3.63, 3.8) is 0 Å². The summed E-state index contributed by atoms with van der Waals surface area (Å²) in [6, 6.07) is 5.99. The van der Waals surface area contributed by atoms with Gasteiger partial charge in [-0.15, -0.1) is 11.3 Å². The maximum Gasteiger partial charge on any atom is 0.106 e. The van der Waals surface area contributed by atoms with Gasteiger partial charge in [-0.25, -0.2) is 4.98 Å². The van der Waals surface area contributed by atoms with E-state index in [1.807, 2.05) is 36.0 Å². The fraction of sp³-hybridized carbons (Fsp3) is 0.167. The lowest BCUT2D eigenvalue weighted by atomic mass is 10.1. The smallest absolute Gasteiger partial charge is 0.106 e. The molecule has 3 nitrogen and oxygen atoms in total. The zero-order valence-electron chi connectivity index (χ0n) is 9.43. The normalized spacial score (nSPS) is 10.2. The summed E-state index contributed by atoms with van der Waals surface area (Å²) in [6.45, 7) is 2.72. The first kappa shape index (κ1) is 12.0. The van der Waals surface area contributed by atoms with Crippen LogP contribution in [0.4, 0.5) is 5.69 Å². The Morgan fingerprint density at radius 1 is 1.53 bits per heavy atom. The van der Waals surface area contributed by atoms with E-state index in [-0.39, 0.29) is 0 Å². The third-order valence-corrected chi connectivity index (χ3v) is 3.24. The molecule has 0 aliphatic carbocycles. The van der Waals surface area contributed by atoms with Crippen LogP contribution in [0, 0.1) is 6.92 Å². The molecular weight excluding hydrogens is 250 g/mol. The van der Waals surface area contributed by atoms with Crippen LogP contribution < -0.4 is 11.1 Å². The summed E-state index contributed by atoms with van der Waals surface area (Å²) in [4.78, 5) is 4.63. The molecule has 0 unspecified atom stereocenters. The molecule has 1 aromatic heterocycles. The van der Waals surface area contributed by atoms with Crippen LogP contribution in [0.3, 0.4) is 0 Å². The van der Waals surface area contributed by atoms with Gasteiger partial charge in [-0.3, -0.25) is 0 Å². The molecule has 17 heavy (non-hydrogen) atoms. The van der Waals surface area contributed by atoms with E-state index < -0.39 is 0 Å². The lowest BCUT2D eigenvalue weighted by molar-refractivity contribution is 1.07. The van der Waals surface area contributed by atoms with Crippen molar-refractivity contribution in [1.29, 1.82) is 0 Å². The number of benzene rings is 1. The summed E-state index contributed by atoms with van der Waals surface area (Å²) in [6.07, 6.45) is 0. The standard InChI is InChI=1S/C12H13N3S2/c1-8-2-3-10(12(13)16)11(4-8)14-5-9-6-17-7-15-9/h2-4,6-7,14H,5H2,1H3,(H2,13,16). The molecule has 1 heterocycles. The number of aryl methyl sites for hydroxylation is 1. The Labute approximate surface area is 110 Å². The molecule has 2 aromatic rings. The summed E-state index contributed by atoms with van der Waals surface area (Å²) in [5, 5.41) is 5.33. The predicted octanol–water partition coefficient (Wildman–Crippen LogP) is 2.70. The number of nitrogens with two attached hydrogens (primary N) is 1. The van der Waals surface area contributed by atoms with E-state index in [9.17, 15) is 0 Å². The average Bonchev–Trinajstić information content (AvgIpc) is 2.78. The van der Waals surface area contributed by atoms with Gasteiger partial charge in [-0.1, -0.05) is 18.3 Å². The predicted molar refractivity (Wildman–Crippen MR) is 76.5 cm³/mol. The lowest BCUT2D eigenvalue weighted by Gasteiger charge is -2.11. The molecule has 0 saturated carbocycles. The second-order valence-corrected chi connectivity index (χ2v) is 4.91. The second kappa shape index (κ2) is 5.25. The van der Waals surface area contributed by atoms with Gasteiger partial charge < -0.3 is 11.1 Å². The number of aromatic nitrogens is 1. The number of nitrogens with one attached hydrogen (secondary N) is 1. The number of thiocarbonyl (C=S) groups is 1. The molecule has 0 bridgehead atoms. The van der Waals surface area contributed by atoms with E-state index in [0.717, 1.165) is 16.9 Å². The van der Waals surface area contributed by atoms with Crippen LogP contribution in [0.15, 0.2) is 29.1 Å². The molecule has 5 heteroatoms. The van der Waals surface area contributed by atoms with Crippen molar-refractivity contribution in [3.8, 4) is 0 Å². The summed E-state index contributed by atoms with van der Waals surface area (Å²) in [5.41, 5.74) is 11.5. The minimum atomic E-state index is 0.408. The molecule has 0 aliphatic rings. The van der Waals surface area contributed by atoms with Gasteiger partial charge in [0, 0.05) is 16.6 Å². The molecule has 0 saturated heterocycles. The summed E-state index contributed by atoms with van der Waals surface area (Å²) >= 11 is 6.62. The van der Waals surface area contributed by atoms with E-state index in [1.54, 1.807) is 11.3 Å². The molecule has 0 radical (unpaired) electrons. The van der Waals surface area contributed by atoms with Crippen LogP contribution in [0.25, 0.3) is 0 Å². The van der Waals surface area contributed by atoms with E-state index in [2.05, 4.69) is 10.3 Å². The molecule has 0 spiro atoms. The lowest BCUT2D eigenvalue weighted by Crippen LogP contribution is -2.13. The van der Waals surface area contributed by atoms with Crippen LogP contribution in [0.1, 0.15) is 16.8 Å². The van der Waals surface area contributed by atoms with Crippen molar-refractivity contribution in [2.24, 2.45) is 5.73 Å². The van der Waals surface area contributed by atoms with Gasteiger partial charge in [0.15, 0.2) is 0 Å². The molecule has 88 valence electrons. The summed E-state index contributed by atoms with van der Waals surface area (Å²) in [7, 11) is 0. The van der Waals surface area contributed by atoms with Gasteiger partial charge in [-0.05, 0) is 24.6 Å². The van der Waals surface area contributed by atoms with Gasteiger partial charge in [0.25, 0.3) is 0 Å². The van der Waals surface area contributed by atoms with Gasteiger partial charge in [-0.2, -0.15) is 0 Å². The molecule has 2 rings (SSSR count). The molecule has 0 atom stereocenters. The van der Waals surface area contributed by atoms with Crippen molar-refractivity contribution in [2.45, 2.75) is 13.5 Å². The highest BCUT2D eigenvalue weighted by molar-refractivity contribution is 7.80. The van der Waals surface area contributed by atoms with Crippen molar-refractivity contribution >= 4 is 34.2 Å². The number of nitrogens with zero attached hydrogens (tertiary/aromatic N) is 1. The monoisotopic (exact) mass is 263 g/mol. The first-order chi connectivity index (χ1) is 8.16. The third-order valence-electron chi connectivity index (χ3n) is 2.38. The minimum Gasteiger partial charge on any atom is -0.389 e. The number of thiazole rings is 1. The quantitative estimate of drug-likeness (QED) is 0.833. The Hall–Kier alpha value is -1.46. The number of anilines is 1. The van der Waals surface area contributed by atoms with Crippen molar-refractivity contribution in [2.75, 3.05) is 5.32 Å². The van der Waals surface area contributed by atoms with Crippen molar-refractivity contribution in [1.82, 2.24) is 4.98 Å². The van der Waals surface area contributed by atoms with E-state index in [0.29, 0.717) is 11.5 Å². The molecule has 1 aromatic carbocycles. The molecule has 0 amide bonds. The fourth-order valence-electron chi connectivity index (χ4n) is 1.53. The first-order valence-electron chi connectivity index (χ1n) is 5.18. The largest absolute Gasteiger partial charge is 0.389 e. The average molecular weight is 263 g/mol. The zero-order valence-corrected chi connectivity index (χ0v) is 11.1. The third kappa shape index (κ3) is 3.01. The molecule has 0 fully saturated rings. The number of hydrogen-bond donors (Lipinski definition) is 2. The Bertz CT molecular complexity index is 521. The highest BCUT2D eigenvalue weighted by Crippen LogP contribution is 2.18. The van der Waals surface area contributed by atoms with Crippen molar-refractivity contribution in [3.05, 3.63) is 45.9 Å². The fourth-order valence-corrected chi connectivity index (χ4v) is 2.27. The van der Waals surface area contributed by atoms with Gasteiger partial charge in [0.05, 0.1) is 17.7 Å². The highest BCUT2D eigenvalue weighted by atomic mass is 32.1. The van der Waals surface area contributed by atoms with Crippen LogP contribution in [0.2, 0.25) is 0 Å². The SMILES string of the molecule is Cc1ccc(C(N)=S)c(NCc2cscn2)c1. The topological polar surface area (TPSA) is 50.9 Å². The summed E-state index contributed by atoms with van der Waals surface area (Å²) in [5.74, 6) is 0. The first-order valence-corrected chi connectivity index (χ1v) is 6.53. The van der Waals surface area contributed by atoms with Gasteiger partial charge in [0.1, 0.15) is 4.99 Å². The van der Waals surface area contributed by atoms with E-state index in [1.165, 1.54) is 5.56 Å². The van der Waals surface area contributed by atoms with E-state index in [4.69, 9.17) is 18.0 Å². The highest BCUT2D eigenvalue weighted by Gasteiger charge is 2.05. The van der Waals surface area contributed by atoms with E-state index >= 15 is 0 Å².